The normalized spacial score (nSPS) is 20.2. The first-order chi connectivity index (χ1) is 13.0. The topological polar surface area (TPSA) is 78.2 Å². The molecule has 1 aliphatic rings. The van der Waals surface area contributed by atoms with Gasteiger partial charge in [-0.25, -0.2) is 4.98 Å². The number of aromatic nitrogens is 1. The fraction of sp³-hybridized carbons (Fsp3) is 0.238. The van der Waals surface area contributed by atoms with Crippen LogP contribution in [0.15, 0.2) is 53.9 Å². The number of ether oxygens (including phenoxy) is 1. The molecule has 0 spiro atoms. The highest BCUT2D eigenvalue weighted by molar-refractivity contribution is 7.14. The molecule has 2 atom stereocenters. The Balaban J connectivity index is 1.69. The van der Waals surface area contributed by atoms with Gasteiger partial charge in [0.25, 0.3) is 0 Å². The number of fused-ring (bicyclic) bond motifs is 1. The Bertz CT molecular complexity index is 1010. The van der Waals surface area contributed by atoms with Gasteiger partial charge in [-0.3, -0.25) is 0 Å². The van der Waals surface area contributed by atoms with Crippen LogP contribution in [-0.2, 0) is 0 Å². The van der Waals surface area contributed by atoms with Crippen LogP contribution in [-0.4, -0.2) is 21.8 Å². The third-order valence-corrected chi connectivity index (χ3v) is 5.50. The van der Waals surface area contributed by atoms with E-state index in [4.69, 9.17) is 4.74 Å². The van der Waals surface area contributed by atoms with Gasteiger partial charge in [-0.1, -0.05) is 30.3 Å². The van der Waals surface area contributed by atoms with Gasteiger partial charge in [0.15, 0.2) is 5.13 Å². The van der Waals surface area contributed by atoms with Crippen molar-refractivity contribution in [2.24, 2.45) is 0 Å². The van der Waals surface area contributed by atoms with Crippen LogP contribution in [0.2, 0.25) is 0 Å². The number of anilines is 1. The Hall–Kier alpha value is -2.88. The number of nitrogens with zero attached hydrogens (tertiary/aromatic N) is 2. The van der Waals surface area contributed by atoms with Crippen LogP contribution in [0.3, 0.4) is 0 Å². The Kier molecular flexibility index (Phi) is 4.34. The molecular formula is C21H19N3O2S. The summed E-state index contributed by atoms with van der Waals surface area (Å²) in [6.45, 7) is 3.70. The number of aliphatic hydroxyl groups is 1. The van der Waals surface area contributed by atoms with E-state index in [9.17, 15) is 10.4 Å². The van der Waals surface area contributed by atoms with Crippen molar-refractivity contribution in [2.75, 3.05) is 5.32 Å². The first-order valence-corrected chi connectivity index (χ1v) is 9.54. The second-order valence-electron chi connectivity index (χ2n) is 7.04. The highest BCUT2D eigenvalue weighted by Crippen LogP contribution is 2.42. The summed E-state index contributed by atoms with van der Waals surface area (Å²) in [5.74, 6) is 0.668. The summed E-state index contributed by atoms with van der Waals surface area (Å²) >= 11 is 1.49. The van der Waals surface area contributed by atoms with Gasteiger partial charge in [0.2, 0.25) is 0 Å². The van der Waals surface area contributed by atoms with Crippen LogP contribution in [0, 0.1) is 11.3 Å². The van der Waals surface area contributed by atoms with E-state index in [-0.39, 0.29) is 0 Å². The Labute approximate surface area is 161 Å². The highest BCUT2D eigenvalue weighted by Gasteiger charge is 2.43. The molecule has 0 aliphatic carbocycles. The second kappa shape index (κ2) is 6.69. The lowest BCUT2D eigenvalue weighted by Gasteiger charge is -2.42. The first-order valence-electron chi connectivity index (χ1n) is 8.66. The minimum atomic E-state index is -0.803. The smallest absolute Gasteiger partial charge is 0.183 e. The van der Waals surface area contributed by atoms with E-state index in [2.05, 4.69) is 16.4 Å². The molecule has 0 amide bonds. The lowest BCUT2D eigenvalue weighted by Crippen LogP contribution is -2.50. The minimum Gasteiger partial charge on any atom is -0.485 e. The molecular weight excluding hydrogens is 358 g/mol. The molecule has 2 heterocycles. The third-order valence-electron chi connectivity index (χ3n) is 4.73. The van der Waals surface area contributed by atoms with Crippen molar-refractivity contribution < 1.29 is 9.84 Å². The fourth-order valence-electron chi connectivity index (χ4n) is 3.24. The van der Waals surface area contributed by atoms with E-state index >= 15 is 0 Å². The summed E-state index contributed by atoms with van der Waals surface area (Å²) in [6, 6.07) is 16.9. The molecule has 2 N–H and O–H groups in total. The lowest BCUT2D eigenvalue weighted by atomic mass is 9.86. The van der Waals surface area contributed by atoms with E-state index in [1.54, 1.807) is 18.2 Å². The molecule has 4 rings (SSSR count). The van der Waals surface area contributed by atoms with E-state index in [0.717, 1.165) is 16.8 Å². The molecule has 136 valence electrons. The average molecular weight is 377 g/mol. The minimum absolute atomic E-state index is 0.424. The highest BCUT2D eigenvalue weighted by atomic mass is 32.1. The lowest BCUT2D eigenvalue weighted by molar-refractivity contribution is -0.0532. The SMILES string of the molecule is CC1(C)Oc2ccc(C#N)cc2C(Nc2nc(-c3ccccc3)cs2)[C@H]1O. The second-order valence-corrected chi connectivity index (χ2v) is 7.90. The molecule has 0 radical (unpaired) electrons. The summed E-state index contributed by atoms with van der Waals surface area (Å²) in [5, 5.41) is 26.2. The zero-order valence-corrected chi connectivity index (χ0v) is 15.8. The molecule has 0 saturated carbocycles. The first kappa shape index (κ1) is 17.5. The summed E-state index contributed by atoms with van der Waals surface area (Å²) < 4.78 is 5.96. The van der Waals surface area contributed by atoms with Crippen molar-refractivity contribution in [3.8, 4) is 23.1 Å². The molecule has 2 aromatic carbocycles. The van der Waals surface area contributed by atoms with Crippen LogP contribution in [0.4, 0.5) is 5.13 Å². The molecule has 27 heavy (non-hydrogen) atoms. The number of nitrogens with one attached hydrogen (secondary N) is 1. The molecule has 3 aromatic rings. The molecule has 1 aromatic heterocycles. The molecule has 0 saturated heterocycles. The van der Waals surface area contributed by atoms with Crippen LogP contribution in [0.25, 0.3) is 11.3 Å². The average Bonchev–Trinajstić information content (AvgIpc) is 3.14. The summed E-state index contributed by atoms with van der Waals surface area (Å²) in [5.41, 5.74) is 2.45. The van der Waals surface area contributed by atoms with Gasteiger partial charge in [0.05, 0.1) is 23.4 Å². The van der Waals surface area contributed by atoms with Crippen molar-refractivity contribution in [2.45, 2.75) is 31.6 Å². The maximum atomic E-state index is 10.9. The van der Waals surface area contributed by atoms with Gasteiger partial charge < -0.3 is 15.2 Å². The number of aliphatic hydroxyl groups excluding tert-OH is 1. The summed E-state index contributed by atoms with van der Waals surface area (Å²) in [7, 11) is 0. The van der Waals surface area contributed by atoms with Gasteiger partial charge >= 0.3 is 0 Å². The standard InChI is InChI=1S/C21H19N3O2S/c1-21(2)19(25)18(15-10-13(11-22)8-9-17(15)26-21)24-20-23-16(12-27-20)14-6-4-3-5-7-14/h3-10,12,18-19,25H,1-2H3,(H,23,24)/t18?,19-/m1/s1. The Morgan fingerprint density at radius 1 is 1.22 bits per heavy atom. The van der Waals surface area contributed by atoms with Crippen molar-refractivity contribution in [3.05, 3.63) is 65.0 Å². The molecule has 0 fully saturated rings. The number of nitriles is 1. The van der Waals surface area contributed by atoms with Crippen molar-refractivity contribution in [1.82, 2.24) is 4.98 Å². The van der Waals surface area contributed by atoms with Gasteiger partial charge in [-0.05, 0) is 32.0 Å². The maximum absolute atomic E-state index is 10.9. The molecule has 5 nitrogen and oxygen atoms in total. The molecule has 6 heteroatoms. The maximum Gasteiger partial charge on any atom is 0.183 e. The monoisotopic (exact) mass is 377 g/mol. The van der Waals surface area contributed by atoms with E-state index in [1.807, 2.05) is 49.6 Å². The van der Waals surface area contributed by atoms with Crippen LogP contribution in [0.5, 0.6) is 5.75 Å². The number of thiazole rings is 1. The summed E-state index contributed by atoms with van der Waals surface area (Å²) in [4.78, 5) is 4.66. The predicted octanol–water partition coefficient (Wildman–Crippen LogP) is 4.37. The van der Waals surface area contributed by atoms with Crippen LogP contribution in [0.1, 0.15) is 31.0 Å². The van der Waals surface area contributed by atoms with Gasteiger partial charge in [0, 0.05) is 16.5 Å². The van der Waals surface area contributed by atoms with Gasteiger partial charge in [-0.15, -0.1) is 11.3 Å². The van der Waals surface area contributed by atoms with E-state index in [1.165, 1.54) is 11.3 Å². The fourth-order valence-corrected chi connectivity index (χ4v) is 4.00. The van der Waals surface area contributed by atoms with E-state index in [0.29, 0.717) is 16.4 Å². The Morgan fingerprint density at radius 3 is 2.74 bits per heavy atom. The largest absolute Gasteiger partial charge is 0.485 e. The molecule has 1 aliphatic heterocycles. The van der Waals surface area contributed by atoms with Gasteiger partial charge in [-0.2, -0.15) is 5.26 Å². The van der Waals surface area contributed by atoms with Crippen LogP contribution < -0.4 is 10.1 Å². The van der Waals surface area contributed by atoms with Gasteiger partial charge in [0.1, 0.15) is 17.5 Å². The quantitative estimate of drug-likeness (QED) is 0.709. The number of hydrogen-bond acceptors (Lipinski definition) is 6. The zero-order chi connectivity index (χ0) is 19.0. The molecule has 0 bridgehead atoms. The molecule has 1 unspecified atom stereocenters. The summed E-state index contributed by atoms with van der Waals surface area (Å²) in [6.07, 6.45) is -0.803. The number of hydrogen-bond donors (Lipinski definition) is 2. The van der Waals surface area contributed by atoms with E-state index < -0.39 is 17.7 Å². The predicted molar refractivity (Wildman–Crippen MR) is 106 cm³/mol. The number of rotatable bonds is 3. The number of benzene rings is 2. The Morgan fingerprint density at radius 2 is 2.00 bits per heavy atom. The van der Waals surface area contributed by atoms with Crippen molar-refractivity contribution in [3.63, 3.8) is 0 Å². The van der Waals surface area contributed by atoms with Crippen LogP contribution >= 0.6 is 11.3 Å². The third kappa shape index (κ3) is 3.27. The van der Waals surface area contributed by atoms with Crippen molar-refractivity contribution in [1.29, 1.82) is 5.26 Å². The zero-order valence-electron chi connectivity index (χ0n) is 15.0. The van der Waals surface area contributed by atoms with Crippen molar-refractivity contribution >= 4 is 16.5 Å².